The molecule has 2 atom stereocenters. The van der Waals surface area contributed by atoms with Gasteiger partial charge in [0.1, 0.15) is 9.52 Å². The van der Waals surface area contributed by atoms with Gasteiger partial charge in [0.2, 0.25) is 0 Å². The minimum atomic E-state index is -0.540. The van der Waals surface area contributed by atoms with E-state index in [1.165, 1.54) is 44.5 Å². The maximum Gasteiger partial charge on any atom is 0.118 e. The first-order valence-corrected chi connectivity index (χ1v) is 10.3. The Morgan fingerprint density at radius 3 is 1.38 bits per heavy atom. The average Bonchev–Trinajstić information content (AvgIpc) is 2.93. The van der Waals surface area contributed by atoms with Crippen LogP contribution in [0.25, 0.3) is 11.1 Å². The third-order valence-corrected chi connectivity index (χ3v) is 9.43. The van der Waals surface area contributed by atoms with Gasteiger partial charge in [-0.25, -0.2) is 0 Å². The number of hydrogen-bond donors (Lipinski definition) is 0. The van der Waals surface area contributed by atoms with Crippen LogP contribution in [0.2, 0.25) is 0 Å². The Kier molecular flexibility index (Phi) is 5.38. The first-order valence-electron chi connectivity index (χ1n) is 8.53. The molecule has 0 N–H and O–H groups in total. The van der Waals surface area contributed by atoms with Crippen LogP contribution in [0.3, 0.4) is 0 Å². The zero-order valence-electron chi connectivity index (χ0n) is 15.4. The average molecular weight is 562 g/mol. The molecule has 4 heteroatoms. The third kappa shape index (κ3) is 2.63. The molecule has 0 heterocycles. The summed E-state index contributed by atoms with van der Waals surface area (Å²) in [5, 5.41) is 0. The zero-order chi connectivity index (χ0) is 18.0. The first-order chi connectivity index (χ1) is 11.8. The van der Waals surface area contributed by atoms with Gasteiger partial charge >= 0.3 is 0 Å². The monoisotopic (exact) mass is 562 g/mol. The van der Waals surface area contributed by atoms with Crippen molar-refractivity contribution in [2.45, 2.75) is 36.7 Å². The van der Waals surface area contributed by atoms with Crippen molar-refractivity contribution in [3.05, 3.63) is 81.9 Å². The minimum absolute atomic E-state index is 0. The van der Waals surface area contributed by atoms with Crippen LogP contribution < -0.4 is 0 Å². The molecule has 130 valence electrons. The maximum atomic E-state index is 7.34. The van der Waals surface area contributed by atoms with Crippen LogP contribution in [-0.2, 0) is 34.8 Å². The molecule has 0 fully saturated rings. The van der Waals surface area contributed by atoms with Gasteiger partial charge in [0.05, 0.1) is 8.99 Å². The summed E-state index contributed by atoms with van der Waals surface area (Å²) in [4.78, 5) is 0. The summed E-state index contributed by atoms with van der Waals surface area (Å²) in [5.41, 5.74) is 9.91. The standard InChI is InChI=1S/C22H20Cl2Si.Hf/c1-13-15(3)21(23,19-11-7-5-9-17(13)19)25-22(24)16(4)14(2)18-10-6-8-12-20(18)22;/h5-12H,1-4H3;. The molecule has 26 heavy (non-hydrogen) atoms. The van der Waals surface area contributed by atoms with Gasteiger partial charge in [-0.3, -0.25) is 0 Å². The van der Waals surface area contributed by atoms with E-state index >= 15 is 0 Å². The van der Waals surface area contributed by atoms with E-state index in [0.29, 0.717) is 9.52 Å². The second kappa shape index (κ2) is 6.88. The summed E-state index contributed by atoms with van der Waals surface area (Å²) in [7, 11) is 0.327. The summed E-state index contributed by atoms with van der Waals surface area (Å²) in [6, 6.07) is 17.0. The SMILES string of the molecule is CC1=C(C)C(Cl)([Si]C2(Cl)C(C)=C(C)c3ccccc32)c2ccccc21.[Hf]. The molecule has 2 aromatic rings. The number of fused-ring (bicyclic) bond motifs is 2. The van der Waals surface area contributed by atoms with Crippen molar-refractivity contribution < 1.29 is 25.8 Å². The zero-order valence-corrected chi connectivity index (χ0v) is 21.5. The van der Waals surface area contributed by atoms with Crippen LogP contribution in [0.15, 0.2) is 59.7 Å². The van der Waals surface area contributed by atoms with Gasteiger partial charge in [-0.05, 0) is 72.2 Å². The summed E-state index contributed by atoms with van der Waals surface area (Å²) in [6.07, 6.45) is 0. The van der Waals surface area contributed by atoms with Crippen molar-refractivity contribution in [2.75, 3.05) is 0 Å². The van der Waals surface area contributed by atoms with Crippen molar-refractivity contribution in [3.63, 3.8) is 0 Å². The molecule has 0 nitrogen and oxygen atoms in total. The van der Waals surface area contributed by atoms with E-state index in [1.807, 2.05) is 0 Å². The summed E-state index contributed by atoms with van der Waals surface area (Å²) >= 11 is 14.7. The number of halogens is 2. The van der Waals surface area contributed by atoms with Gasteiger partial charge in [-0.15, -0.1) is 23.2 Å². The molecule has 0 saturated carbocycles. The van der Waals surface area contributed by atoms with Crippen LogP contribution in [0.4, 0.5) is 0 Å². The largest absolute Gasteiger partial charge is 0.118 e. The molecule has 2 unspecified atom stereocenters. The van der Waals surface area contributed by atoms with E-state index in [2.05, 4.69) is 76.2 Å². The van der Waals surface area contributed by atoms with Crippen LogP contribution in [0, 0.1) is 0 Å². The van der Waals surface area contributed by atoms with E-state index in [1.54, 1.807) is 0 Å². The molecule has 2 radical (unpaired) electrons. The molecule has 0 bridgehead atoms. The molecule has 0 aliphatic heterocycles. The molecule has 0 saturated heterocycles. The van der Waals surface area contributed by atoms with E-state index in [9.17, 15) is 0 Å². The topological polar surface area (TPSA) is 0 Å². The van der Waals surface area contributed by atoms with Crippen molar-refractivity contribution in [3.8, 4) is 0 Å². The molecule has 0 spiro atoms. The number of allylic oxidation sites excluding steroid dienone is 4. The van der Waals surface area contributed by atoms with Crippen LogP contribution in [0.1, 0.15) is 49.9 Å². The Morgan fingerprint density at radius 2 is 1.00 bits per heavy atom. The number of hydrogen-bond acceptors (Lipinski definition) is 0. The van der Waals surface area contributed by atoms with Gasteiger partial charge in [0.25, 0.3) is 0 Å². The summed E-state index contributed by atoms with van der Waals surface area (Å²) in [6.45, 7) is 8.64. The van der Waals surface area contributed by atoms with Crippen LogP contribution in [0.5, 0.6) is 0 Å². The van der Waals surface area contributed by atoms with Crippen LogP contribution >= 0.6 is 23.2 Å². The molecular formula is C22H20Cl2HfSi. The van der Waals surface area contributed by atoms with Gasteiger partial charge < -0.3 is 0 Å². The number of benzene rings is 2. The fraction of sp³-hybridized carbons (Fsp3) is 0.273. The van der Waals surface area contributed by atoms with Gasteiger partial charge in [-0.2, -0.15) is 0 Å². The normalized spacial score (nSPS) is 26.7. The quantitative estimate of drug-likeness (QED) is 0.291. The van der Waals surface area contributed by atoms with Crippen LogP contribution in [-0.4, -0.2) is 9.52 Å². The van der Waals surface area contributed by atoms with Crippen molar-refractivity contribution in [1.82, 2.24) is 0 Å². The molecule has 0 aromatic heterocycles. The van der Waals surface area contributed by atoms with Crippen molar-refractivity contribution in [1.29, 1.82) is 0 Å². The second-order valence-corrected chi connectivity index (χ2v) is 10.6. The Labute approximate surface area is 187 Å². The fourth-order valence-electron chi connectivity index (χ4n) is 4.11. The Bertz CT molecular complexity index is 885. The third-order valence-electron chi connectivity index (χ3n) is 5.91. The maximum absolute atomic E-state index is 7.34. The molecule has 2 aliphatic rings. The molecule has 2 aromatic carbocycles. The Morgan fingerprint density at radius 1 is 0.654 bits per heavy atom. The molecular weight excluding hydrogens is 542 g/mol. The predicted octanol–water partition coefficient (Wildman–Crippen LogP) is 6.49. The van der Waals surface area contributed by atoms with E-state index in [4.69, 9.17) is 23.2 Å². The summed E-state index contributed by atoms with van der Waals surface area (Å²) in [5.74, 6) is 0. The van der Waals surface area contributed by atoms with Crippen molar-refractivity contribution in [2.24, 2.45) is 0 Å². The minimum Gasteiger partial charge on any atom is -0.114 e. The smallest absolute Gasteiger partial charge is 0.114 e. The van der Waals surface area contributed by atoms with E-state index in [-0.39, 0.29) is 25.8 Å². The molecule has 2 aliphatic carbocycles. The number of alkyl halides is 2. The van der Waals surface area contributed by atoms with Gasteiger partial charge in [-0.1, -0.05) is 48.5 Å². The summed E-state index contributed by atoms with van der Waals surface area (Å²) < 4.78 is -1.08. The Hall–Kier alpha value is -0.413. The first kappa shape index (κ1) is 20.3. The Balaban J connectivity index is 0.00000196. The number of rotatable bonds is 2. The van der Waals surface area contributed by atoms with Gasteiger partial charge in [0.15, 0.2) is 0 Å². The van der Waals surface area contributed by atoms with Crippen molar-refractivity contribution >= 4 is 43.9 Å². The fourth-order valence-corrected chi connectivity index (χ4v) is 7.64. The predicted molar refractivity (Wildman–Crippen MR) is 110 cm³/mol. The second-order valence-electron chi connectivity index (χ2n) is 7.03. The van der Waals surface area contributed by atoms with E-state index < -0.39 is 8.99 Å². The van der Waals surface area contributed by atoms with Gasteiger partial charge in [0, 0.05) is 25.8 Å². The van der Waals surface area contributed by atoms with E-state index in [0.717, 1.165) is 0 Å². The molecule has 4 rings (SSSR count). The molecule has 0 amide bonds.